The van der Waals surface area contributed by atoms with Crippen LogP contribution in [0.3, 0.4) is 0 Å². The fraction of sp³-hybridized carbons (Fsp3) is 0.364. The third-order valence-electron chi connectivity index (χ3n) is 1.30. The highest BCUT2D eigenvalue weighted by molar-refractivity contribution is 5.89. The molecule has 1 nitrogen and oxygen atoms in total. The molecule has 0 unspecified atom stereocenters. The molecule has 0 saturated heterocycles. The van der Waals surface area contributed by atoms with E-state index in [9.17, 15) is 4.79 Å². The molecule has 0 aliphatic rings. The van der Waals surface area contributed by atoms with E-state index in [0.29, 0.717) is 6.42 Å². The molecule has 0 radical (unpaired) electrons. The van der Waals surface area contributed by atoms with E-state index in [-0.39, 0.29) is 5.78 Å². The number of allylic oxidation sites excluding steroid dienone is 6. The summed E-state index contributed by atoms with van der Waals surface area (Å²) in [5.41, 5.74) is 0. The molecule has 0 aliphatic carbocycles. The summed E-state index contributed by atoms with van der Waals surface area (Å²) >= 11 is 0. The third kappa shape index (κ3) is 7.00. The number of hydrogen-bond donors (Lipinski definition) is 0. The maximum atomic E-state index is 10.9. The molecule has 0 saturated carbocycles. The minimum absolute atomic E-state index is 0.197. The molecule has 0 aromatic heterocycles. The highest BCUT2D eigenvalue weighted by Gasteiger charge is 1.89. The van der Waals surface area contributed by atoms with E-state index in [1.807, 2.05) is 38.2 Å². The monoisotopic (exact) mass is 164 g/mol. The summed E-state index contributed by atoms with van der Waals surface area (Å²) in [7, 11) is 0. The molecule has 0 fully saturated rings. The maximum absolute atomic E-state index is 10.9. The topological polar surface area (TPSA) is 17.1 Å². The maximum Gasteiger partial charge on any atom is 0.155 e. The molecule has 0 spiro atoms. The lowest BCUT2D eigenvalue weighted by atomic mass is 10.2. The third-order valence-corrected chi connectivity index (χ3v) is 1.30. The summed E-state index contributed by atoms with van der Waals surface area (Å²) in [6, 6.07) is 0. The van der Waals surface area contributed by atoms with E-state index in [2.05, 4.69) is 0 Å². The van der Waals surface area contributed by atoms with Gasteiger partial charge in [0, 0.05) is 6.42 Å². The molecule has 12 heavy (non-hydrogen) atoms. The molecule has 0 atom stereocenters. The molecule has 0 rings (SSSR count). The largest absolute Gasteiger partial charge is 0.295 e. The minimum Gasteiger partial charge on any atom is -0.295 e. The predicted octanol–water partition coefficient (Wildman–Crippen LogP) is 3.04. The summed E-state index contributed by atoms with van der Waals surface area (Å²) in [6.45, 7) is 3.96. The van der Waals surface area contributed by atoms with Gasteiger partial charge in [-0.1, -0.05) is 37.3 Å². The van der Waals surface area contributed by atoms with E-state index >= 15 is 0 Å². The van der Waals surface area contributed by atoms with Gasteiger partial charge in [-0.15, -0.1) is 0 Å². The zero-order valence-corrected chi connectivity index (χ0v) is 7.79. The number of carbonyl (C=O) groups excluding carboxylic acids is 1. The SMILES string of the molecule is CC=CC=CC=CC(=O)CCC. The van der Waals surface area contributed by atoms with E-state index in [4.69, 9.17) is 0 Å². The molecule has 0 bridgehead atoms. The molecular weight excluding hydrogens is 148 g/mol. The van der Waals surface area contributed by atoms with Crippen molar-refractivity contribution >= 4 is 5.78 Å². The fourth-order valence-electron chi connectivity index (χ4n) is 0.732. The lowest BCUT2D eigenvalue weighted by Crippen LogP contribution is -1.88. The van der Waals surface area contributed by atoms with Gasteiger partial charge >= 0.3 is 0 Å². The number of hydrogen-bond acceptors (Lipinski definition) is 1. The van der Waals surface area contributed by atoms with E-state index in [0.717, 1.165) is 6.42 Å². The second-order valence-electron chi connectivity index (χ2n) is 2.49. The number of carbonyl (C=O) groups is 1. The van der Waals surface area contributed by atoms with Gasteiger partial charge in [-0.05, 0) is 19.4 Å². The fourth-order valence-corrected chi connectivity index (χ4v) is 0.732. The second-order valence-corrected chi connectivity index (χ2v) is 2.49. The Balaban J connectivity index is 3.67. The van der Waals surface area contributed by atoms with E-state index in [1.165, 1.54) is 0 Å². The Labute approximate surface area is 74.5 Å². The Morgan fingerprint density at radius 1 is 1.17 bits per heavy atom. The predicted molar refractivity (Wildman–Crippen MR) is 53.0 cm³/mol. The van der Waals surface area contributed by atoms with Crippen molar-refractivity contribution in [2.24, 2.45) is 0 Å². The highest BCUT2D eigenvalue weighted by atomic mass is 16.1. The molecule has 0 N–H and O–H groups in total. The van der Waals surface area contributed by atoms with Gasteiger partial charge in [-0.2, -0.15) is 0 Å². The molecule has 1 heteroatoms. The first-order valence-corrected chi connectivity index (χ1v) is 4.30. The Hall–Kier alpha value is -1.11. The smallest absolute Gasteiger partial charge is 0.155 e. The van der Waals surface area contributed by atoms with Crippen LogP contribution in [0.4, 0.5) is 0 Å². The number of rotatable bonds is 5. The molecule has 0 amide bonds. The van der Waals surface area contributed by atoms with Crippen LogP contribution in [-0.4, -0.2) is 5.78 Å². The van der Waals surface area contributed by atoms with E-state index in [1.54, 1.807) is 12.2 Å². The van der Waals surface area contributed by atoms with Crippen molar-refractivity contribution in [1.29, 1.82) is 0 Å². The van der Waals surface area contributed by atoms with Crippen LogP contribution < -0.4 is 0 Å². The van der Waals surface area contributed by atoms with Crippen molar-refractivity contribution < 1.29 is 4.79 Å². The van der Waals surface area contributed by atoms with Gasteiger partial charge in [0.2, 0.25) is 0 Å². The zero-order valence-electron chi connectivity index (χ0n) is 7.79. The minimum atomic E-state index is 0.197. The van der Waals surface area contributed by atoms with Gasteiger partial charge < -0.3 is 0 Å². The second kappa shape index (κ2) is 7.99. The molecule has 0 aromatic rings. The zero-order chi connectivity index (χ0) is 9.23. The Kier molecular flexibility index (Phi) is 7.25. The quantitative estimate of drug-likeness (QED) is 0.451. The van der Waals surface area contributed by atoms with Crippen LogP contribution >= 0.6 is 0 Å². The van der Waals surface area contributed by atoms with Gasteiger partial charge in [0.1, 0.15) is 0 Å². The lowest BCUT2D eigenvalue weighted by molar-refractivity contribution is -0.114. The number of ketones is 1. The van der Waals surface area contributed by atoms with Crippen LogP contribution in [0.2, 0.25) is 0 Å². The van der Waals surface area contributed by atoms with Crippen LogP contribution in [0.15, 0.2) is 36.5 Å². The highest BCUT2D eigenvalue weighted by Crippen LogP contribution is 1.90. The van der Waals surface area contributed by atoms with Crippen LogP contribution in [0, 0.1) is 0 Å². The van der Waals surface area contributed by atoms with Gasteiger partial charge in [-0.25, -0.2) is 0 Å². The Morgan fingerprint density at radius 3 is 2.42 bits per heavy atom. The van der Waals surface area contributed by atoms with Crippen LogP contribution in [-0.2, 0) is 4.79 Å². The van der Waals surface area contributed by atoms with Crippen molar-refractivity contribution in [2.45, 2.75) is 26.7 Å². The lowest BCUT2D eigenvalue weighted by Gasteiger charge is -1.85. The van der Waals surface area contributed by atoms with Crippen molar-refractivity contribution in [3.8, 4) is 0 Å². The molecule has 0 aromatic carbocycles. The first-order chi connectivity index (χ1) is 5.81. The normalized spacial score (nSPS) is 12.2. The molecule has 66 valence electrons. The summed E-state index contributed by atoms with van der Waals surface area (Å²) in [4.78, 5) is 10.9. The van der Waals surface area contributed by atoms with Crippen molar-refractivity contribution in [1.82, 2.24) is 0 Å². The van der Waals surface area contributed by atoms with E-state index < -0.39 is 0 Å². The average Bonchev–Trinajstić information content (AvgIpc) is 2.05. The van der Waals surface area contributed by atoms with Crippen LogP contribution in [0.25, 0.3) is 0 Å². The average molecular weight is 164 g/mol. The summed E-state index contributed by atoms with van der Waals surface area (Å²) < 4.78 is 0. The van der Waals surface area contributed by atoms with Gasteiger partial charge in [-0.3, -0.25) is 4.79 Å². The Morgan fingerprint density at radius 2 is 1.83 bits per heavy atom. The molecule has 0 aliphatic heterocycles. The summed E-state index contributed by atoms with van der Waals surface area (Å²) in [6.07, 6.45) is 12.6. The van der Waals surface area contributed by atoms with Crippen LogP contribution in [0.5, 0.6) is 0 Å². The van der Waals surface area contributed by atoms with Crippen molar-refractivity contribution in [3.63, 3.8) is 0 Å². The molecule has 0 heterocycles. The summed E-state index contributed by atoms with van der Waals surface area (Å²) in [5, 5.41) is 0. The first-order valence-electron chi connectivity index (χ1n) is 4.30. The van der Waals surface area contributed by atoms with Gasteiger partial charge in [0.05, 0.1) is 0 Å². The first kappa shape index (κ1) is 10.9. The standard InChI is InChI=1S/C11H16O/c1-3-5-6-7-8-10-11(12)9-4-2/h3,5-8,10H,4,9H2,1-2H3. The molecular formula is C11H16O. The van der Waals surface area contributed by atoms with Crippen LogP contribution in [0.1, 0.15) is 26.7 Å². The van der Waals surface area contributed by atoms with Gasteiger partial charge in [0.15, 0.2) is 5.78 Å². The van der Waals surface area contributed by atoms with Crippen molar-refractivity contribution in [2.75, 3.05) is 0 Å². The van der Waals surface area contributed by atoms with Crippen molar-refractivity contribution in [3.05, 3.63) is 36.5 Å². The van der Waals surface area contributed by atoms with Gasteiger partial charge in [0.25, 0.3) is 0 Å². The summed E-state index contributed by atoms with van der Waals surface area (Å²) in [5.74, 6) is 0.197. The Bertz CT molecular complexity index is 197.